The summed E-state index contributed by atoms with van der Waals surface area (Å²) >= 11 is 0. The topological polar surface area (TPSA) is 65.0 Å². The van der Waals surface area contributed by atoms with Gasteiger partial charge >= 0.3 is 7.60 Å². The Kier molecular flexibility index (Phi) is 5.95. The van der Waals surface area contributed by atoms with Crippen molar-refractivity contribution >= 4 is 19.8 Å². The SMILES string of the molecule is CCOP(=O)(C=NC(C)(C)C=O)OCC. The second-order valence-corrected chi connectivity index (χ2v) is 5.22. The lowest BCUT2D eigenvalue weighted by molar-refractivity contribution is -0.111. The first-order chi connectivity index (χ1) is 6.89. The fraction of sp³-hybridized carbons (Fsp3) is 0.778. The molecule has 15 heavy (non-hydrogen) atoms. The Bertz CT molecular complexity index is 265. The van der Waals surface area contributed by atoms with Gasteiger partial charge in [0.1, 0.15) is 17.8 Å². The molecule has 0 aliphatic carbocycles. The molecule has 0 spiro atoms. The van der Waals surface area contributed by atoms with Crippen LogP contribution in [0.2, 0.25) is 0 Å². The van der Waals surface area contributed by atoms with Gasteiger partial charge in [-0.05, 0) is 27.7 Å². The van der Waals surface area contributed by atoms with E-state index in [0.717, 1.165) is 5.96 Å². The van der Waals surface area contributed by atoms with Gasteiger partial charge in [0.05, 0.1) is 13.2 Å². The van der Waals surface area contributed by atoms with Crippen molar-refractivity contribution in [3.8, 4) is 0 Å². The molecule has 0 fully saturated rings. The van der Waals surface area contributed by atoms with Crippen molar-refractivity contribution in [2.45, 2.75) is 33.2 Å². The van der Waals surface area contributed by atoms with E-state index >= 15 is 0 Å². The molecule has 0 amide bonds. The Morgan fingerprint density at radius 2 is 1.73 bits per heavy atom. The number of carbonyl (C=O) groups is 1. The zero-order valence-corrected chi connectivity index (χ0v) is 10.5. The maximum Gasteiger partial charge on any atom is 0.371 e. The molecule has 6 heteroatoms. The molecular weight excluding hydrogens is 217 g/mol. The van der Waals surface area contributed by atoms with Crippen molar-refractivity contribution in [3.05, 3.63) is 0 Å². The summed E-state index contributed by atoms with van der Waals surface area (Å²) in [6, 6.07) is 0. The highest BCUT2D eigenvalue weighted by molar-refractivity contribution is 7.69. The van der Waals surface area contributed by atoms with Crippen LogP contribution in [0.3, 0.4) is 0 Å². The summed E-state index contributed by atoms with van der Waals surface area (Å²) in [5.41, 5.74) is -0.899. The molecule has 0 aromatic heterocycles. The van der Waals surface area contributed by atoms with Crippen LogP contribution in [0.4, 0.5) is 0 Å². The summed E-state index contributed by atoms with van der Waals surface area (Å²) in [7, 11) is -3.28. The second kappa shape index (κ2) is 6.16. The standard InChI is InChI=1S/C9H18NO4P/c1-5-13-15(12,14-6-2)8-10-9(3,4)7-11/h7-8H,5-6H2,1-4H3. The molecule has 0 atom stereocenters. The van der Waals surface area contributed by atoms with Crippen molar-refractivity contribution in [3.63, 3.8) is 0 Å². The molecule has 0 saturated heterocycles. The average Bonchev–Trinajstić information content (AvgIpc) is 2.16. The van der Waals surface area contributed by atoms with Crippen molar-refractivity contribution < 1.29 is 18.4 Å². The van der Waals surface area contributed by atoms with E-state index in [0.29, 0.717) is 6.29 Å². The molecule has 0 unspecified atom stereocenters. The van der Waals surface area contributed by atoms with Crippen LogP contribution in [-0.2, 0) is 18.4 Å². The van der Waals surface area contributed by atoms with Crippen LogP contribution in [0.1, 0.15) is 27.7 Å². The molecule has 0 N–H and O–H groups in total. The zero-order valence-electron chi connectivity index (χ0n) is 9.60. The number of aliphatic imine (C=N–C) groups is 1. The molecule has 0 radical (unpaired) electrons. The number of aldehydes is 1. The molecule has 0 aromatic rings. The van der Waals surface area contributed by atoms with E-state index in [2.05, 4.69) is 4.99 Å². The first kappa shape index (κ1) is 14.5. The van der Waals surface area contributed by atoms with E-state index in [1.54, 1.807) is 27.7 Å². The van der Waals surface area contributed by atoms with E-state index in [-0.39, 0.29) is 13.2 Å². The number of nitrogens with zero attached hydrogens (tertiary/aromatic N) is 1. The van der Waals surface area contributed by atoms with Crippen molar-refractivity contribution in [2.75, 3.05) is 13.2 Å². The first-order valence-electron chi connectivity index (χ1n) is 4.80. The van der Waals surface area contributed by atoms with Crippen LogP contribution in [0, 0.1) is 0 Å². The Balaban J connectivity index is 4.67. The third-order valence-electron chi connectivity index (χ3n) is 1.44. The molecule has 0 bridgehead atoms. The maximum absolute atomic E-state index is 11.9. The molecule has 0 aliphatic heterocycles. The largest absolute Gasteiger partial charge is 0.371 e. The molecule has 0 heterocycles. The predicted molar refractivity (Wildman–Crippen MR) is 59.5 cm³/mol. The summed E-state index contributed by atoms with van der Waals surface area (Å²) in [6.07, 6.45) is 0.672. The Morgan fingerprint density at radius 3 is 2.07 bits per heavy atom. The molecule has 5 nitrogen and oxygen atoms in total. The maximum atomic E-state index is 11.9. The van der Waals surface area contributed by atoms with Gasteiger partial charge in [0, 0.05) is 0 Å². The molecular formula is C9H18NO4P. The minimum Gasteiger partial charge on any atom is -0.305 e. The third-order valence-corrected chi connectivity index (χ3v) is 3.07. The van der Waals surface area contributed by atoms with Gasteiger partial charge in [0.25, 0.3) is 0 Å². The Morgan fingerprint density at radius 1 is 1.27 bits per heavy atom. The summed E-state index contributed by atoms with van der Waals surface area (Å²) < 4.78 is 21.8. The van der Waals surface area contributed by atoms with Gasteiger partial charge in [-0.3, -0.25) is 9.56 Å². The molecule has 88 valence electrons. The van der Waals surface area contributed by atoms with Crippen LogP contribution in [0.25, 0.3) is 0 Å². The summed E-state index contributed by atoms with van der Waals surface area (Å²) in [6.45, 7) is 7.18. The summed E-state index contributed by atoms with van der Waals surface area (Å²) in [5.74, 6) is 1.11. The highest BCUT2D eigenvalue weighted by atomic mass is 31.2. The zero-order chi connectivity index (χ0) is 11.9. The average molecular weight is 235 g/mol. The van der Waals surface area contributed by atoms with Gasteiger partial charge in [-0.25, -0.2) is 0 Å². The van der Waals surface area contributed by atoms with Crippen LogP contribution in [0.5, 0.6) is 0 Å². The normalized spacial score (nSPS) is 13.3. The fourth-order valence-electron chi connectivity index (χ4n) is 0.714. The van der Waals surface area contributed by atoms with Crippen LogP contribution < -0.4 is 0 Å². The van der Waals surface area contributed by atoms with Crippen molar-refractivity contribution in [2.24, 2.45) is 4.99 Å². The van der Waals surface area contributed by atoms with Gasteiger partial charge in [-0.1, -0.05) is 0 Å². The lowest BCUT2D eigenvalue weighted by Gasteiger charge is -2.15. The minimum atomic E-state index is -3.28. The number of rotatable bonds is 7. The third kappa shape index (κ3) is 5.82. The van der Waals surface area contributed by atoms with Gasteiger partial charge in [0.2, 0.25) is 0 Å². The Hall–Kier alpha value is -0.510. The van der Waals surface area contributed by atoms with Crippen LogP contribution >= 0.6 is 7.60 Å². The van der Waals surface area contributed by atoms with Gasteiger partial charge < -0.3 is 13.8 Å². The number of hydrogen-bond donors (Lipinski definition) is 0. The molecule has 0 aromatic carbocycles. The van der Waals surface area contributed by atoms with E-state index in [1.165, 1.54) is 0 Å². The van der Waals surface area contributed by atoms with Crippen LogP contribution in [-0.4, -0.2) is 31.0 Å². The minimum absolute atomic E-state index is 0.269. The van der Waals surface area contributed by atoms with Gasteiger partial charge in [0.15, 0.2) is 0 Å². The highest BCUT2D eigenvalue weighted by Gasteiger charge is 2.23. The lowest BCUT2D eigenvalue weighted by atomic mass is 10.1. The quantitative estimate of drug-likeness (QED) is 0.385. The van der Waals surface area contributed by atoms with E-state index in [1.807, 2.05) is 0 Å². The van der Waals surface area contributed by atoms with Crippen LogP contribution in [0.15, 0.2) is 4.99 Å². The predicted octanol–water partition coefficient (Wildman–Crippen LogP) is 2.26. The van der Waals surface area contributed by atoms with Crippen molar-refractivity contribution in [1.29, 1.82) is 0 Å². The number of hydrogen-bond acceptors (Lipinski definition) is 5. The second-order valence-electron chi connectivity index (χ2n) is 3.39. The van der Waals surface area contributed by atoms with E-state index in [9.17, 15) is 9.36 Å². The molecule has 0 rings (SSSR count). The summed E-state index contributed by atoms with van der Waals surface area (Å²) in [5, 5.41) is 0. The Labute approximate surface area is 90.4 Å². The monoisotopic (exact) mass is 235 g/mol. The van der Waals surface area contributed by atoms with E-state index in [4.69, 9.17) is 9.05 Å². The fourth-order valence-corrected chi connectivity index (χ4v) is 2.08. The lowest BCUT2D eigenvalue weighted by Crippen LogP contribution is -2.18. The molecule has 0 aliphatic rings. The first-order valence-corrected chi connectivity index (χ1v) is 6.42. The van der Waals surface area contributed by atoms with Crippen molar-refractivity contribution in [1.82, 2.24) is 0 Å². The summed E-state index contributed by atoms with van der Waals surface area (Å²) in [4.78, 5) is 14.5. The van der Waals surface area contributed by atoms with Gasteiger partial charge in [-0.2, -0.15) is 0 Å². The molecule has 0 saturated carbocycles. The van der Waals surface area contributed by atoms with Gasteiger partial charge in [-0.15, -0.1) is 0 Å². The smallest absolute Gasteiger partial charge is 0.305 e. The highest BCUT2D eigenvalue weighted by Crippen LogP contribution is 2.45. The van der Waals surface area contributed by atoms with E-state index < -0.39 is 13.1 Å². The number of carbonyl (C=O) groups excluding carboxylic acids is 1.